The van der Waals surface area contributed by atoms with Crippen LogP contribution in [0.3, 0.4) is 0 Å². The predicted molar refractivity (Wildman–Crippen MR) is 34.2 cm³/mol. The summed E-state index contributed by atoms with van der Waals surface area (Å²) in [7, 11) is 0. The van der Waals surface area contributed by atoms with E-state index < -0.39 is 6.43 Å². The monoisotopic (exact) mass is 162 g/mol. The van der Waals surface area contributed by atoms with Gasteiger partial charge in [0.1, 0.15) is 0 Å². The van der Waals surface area contributed by atoms with Crippen molar-refractivity contribution in [3.63, 3.8) is 0 Å². The van der Waals surface area contributed by atoms with Gasteiger partial charge in [-0.1, -0.05) is 0 Å². The van der Waals surface area contributed by atoms with Gasteiger partial charge >= 0.3 is 0 Å². The van der Waals surface area contributed by atoms with Crippen LogP contribution >= 0.6 is 0 Å². The molecule has 0 saturated heterocycles. The van der Waals surface area contributed by atoms with Gasteiger partial charge < -0.3 is 9.67 Å². The highest BCUT2D eigenvalue weighted by atomic mass is 19.3. The van der Waals surface area contributed by atoms with E-state index in [9.17, 15) is 8.78 Å². The Kier molecular flexibility index (Phi) is 2.53. The van der Waals surface area contributed by atoms with Gasteiger partial charge in [-0.3, -0.25) is 0 Å². The van der Waals surface area contributed by atoms with Crippen LogP contribution in [0, 0.1) is 0 Å². The van der Waals surface area contributed by atoms with E-state index in [1.165, 1.54) is 17.1 Å². The molecule has 0 fully saturated rings. The van der Waals surface area contributed by atoms with Crippen LogP contribution in [0.25, 0.3) is 0 Å². The quantitative estimate of drug-likeness (QED) is 0.708. The molecule has 0 amide bonds. The molecule has 1 rings (SSSR count). The molecule has 0 atom stereocenters. The lowest BCUT2D eigenvalue weighted by atomic mass is 10.5. The van der Waals surface area contributed by atoms with Crippen molar-refractivity contribution >= 4 is 0 Å². The molecule has 1 heterocycles. The fourth-order valence-electron chi connectivity index (χ4n) is 0.747. The number of hydrogen-bond donors (Lipinski definition) is 1. The maximum atomic E-state index is 11.7. The minimum atomic E-state index is -2.38. The van der Waals surface area contributed by atoms with Crippen LogP contribution in [-0.4, -0.2) is 21.1 Å². The molecule has 0 spiro atoms. The van der Waals surface area contributed by atoms with E-state index in [1.807, 2.05) is 0 Å². The highest BCUT2D eigenvalue weighted by molar-refractivity contribution is 4.94. The molecule has 1 aromatic heterocycles. The maximum absolute atomic E-state index is 11.7. The van der Waals surface area contributed by atoms with Crippen LogP contribution < -0.4 is 0 Å². The summed E-state index contributed by atoms with van der Waals surface area (Å²) in [6.45, 7) is -0.580. The first kappa shape index (κ1) is 8.13. The van der Waals surface area contributed by atoms with Gasteiger partial charge in [0.15, 0.2) is 0 Å². The van der Waals surface area contributed by atoms with E-state index in [0.717, 1.165) is 0 Å². The maximum Gasteiger partial charge on any atom is 0.256 e. The third kappa shape index (κ3) is 2.27. The van der Waals surface area contributed by atoms with Gasteiger partial charge in [-0.15, -0.1) is 0 Å². The molecule has 0 radical (unpaired) electrons. The van der Waals surface area contributed by atoms with E-state index in [1.54, 1.807) is 0 Å². The summed E-state index contributed by atoms with van der Waals surface area (Å²) in [4.78, 5) is 3.67. The standard InChI is InChI=1S/C6H8F2N2O/c7-6(8)2-10-1-5(3-11)9-4-10/h1,4,6,11H,2-3H2. The molecule has 5 heteroatoms. The van der Waals surface area contributed by atoms with Gasteiger partial charge in [0.05, 0.1) is 25.2 Å². The first-order valence-electron chi connectivity index (χ1n) is 3.12. The van der Waals surface area contributed by atoms with Crippen molar-refractivity contribution in [2.45, 2.75) is 19.6 Å². The summed E-state index contributed by atoms with van der Waals surface area (Å²) in [5.74, 6) is 0. The van der Waals surface area contributed by atoms with Gasteiger partial charge in [0, 0.05) is 6.20 Å². The number of imidazole rings is 1. The largest absolute Gasteiger partial charge is 0.390 e. The lowest BCUT2D eigenvalue weighted by Gasteiger charge is -1.97. The van der Waals surface area contributed by atoms with Gasteiger partial charge in [0.2, 0.25) is 0 Å². The molecule has 1 N–H and O–H groups in total. The van der Waals surface area contributed by atoms with E-state index in [2.05, 4.69) is 4.98 Å². The summed E-state index contributed by atoms with van der Waals surface area (Å²) in [6.07, 6.45) is 0.292. The Morgan fingerprint density at radius 1 is 1.64 bits per heavy atom. The number of nitrogens with zero attached hydrogens (tertiary/aromatic N) is 2. The Hall–Kier alpha value is -0.970. The molecule has 0 aromatic carbocycles. The van der Waals surface area contributed by atoms with Gasteiger partial charge in [-0.2, -0.15) is 0 Å². The topological polar surface area (TPSA) is 38.0 Å². The van der Waals surface area contributed by atoms with Crippen molar-refractivity contribution in [3.05, 3.63) is 18.2 Å². The smallest absolute Gasteiger partial charge is 0.256 e. The second-order valence-corrected chi connectivity index (χ2v) is 2.11. The Morgan fingerprint density at radius 3 is 2.82 bits per heavy atom. The first-order valence-corrected chi connectivity index (χ1v) is 3.12. The summed E-state index contributed by atoms with van der Waals surface area (Å²) in [5, 5.41) is 8.52. The van der Waals surface area contributed by atoms with E-state index in [-0.39, 0.29) is 13.2 Å². The number of halogens is 2. The van der Waals surface area contributed by atoms with E-state index in [4.69, 9.17) is 5.11 Å². The molecule has 62 valence electrons. The summed E-state index contributed by atoms with van der Waals surface area (Å²) in [5.41, 5.74) is 0.408. The first-order chi connectivity index (χ1) is 5.22. The minimum absolute atomic E-state index is 0.212. The Labute approximate surface area is 62.3 Å². The molecular weight excluding hydrogens is 154 g/mol. The van der Waals surface area contributed by atoms with Crippen molar-refractivity contribution < 1.29 is 13.9 Å². The molecule has 0 bridgehead atoms. The van der Waals surface area contributed by atoms with Crippen LogP contribution in [-0.2, 0) is 13.2 Å². The molecule has 1 aromatic rings. The molecule has 0 saturated carbocycles. The Bertz CT molecular complexity index is 224. The minimum Gasteiger partial charge on any atom is -0.390 e. The van der Waals surface area contributed by atoms with E-state index >= 15 is 0 Å². The van der Waals surface area contributed by atoms with Crippen molar-refractivity contribution in [2.24, 2.45) is 0 Å². The second-order valence-electron chi connectivity index (χ2n) is 2.11. The van der Waals surface area contributed by atoms with E-state index in [0.29, 0.717) is 5.69 Å². The Morgan fingerprint density at radius 2 is 2.36 bits per heavy atom. The van der Waals surface area contributed by atoms with Crippen LogP contribution in [0.5, 0.6) is 0 Å². The SMILES string of the molecule is OCc1cn(CC(F)F)cn1. The number of alkyl halides is 2. The normalized spacial score (nSPS) is 10.9. The molecule has 0 aliphatic heterocycles. The van der Waals surface area contributed by atoms with Gasteiger partial charge in [-0.05, 0) is 0 Å². The molecule has 3 nitrogen and oxygen atoms in total. The highest BCUT2D eigenvalue weighted by Gasteiger charge is 2.03. The third-order valence-corrected chi connectivity index (χ3v) is 1.20. The zero-order valence-corrected chi connectivity index (χ0v) is 5.74. The highest BCUT2D eigenvalue weighted by Crippen LogP contribution is 2.00. The predicted octanol–water partition coefficient (Wildman–Crippen LogP) is 0.641. The average molecular weight is 162 g/mol. The van der Waals surface area contributed by atoms with Gasteiger partial charge in [-0.25, -0.2) is 13.8 Å². The number of rotatable bonds is 3. The zero-order chi connectivity index (χ0) is 8.27. The van der Waals surface area contributed by atoms with Crippen LogP contribution in [0.4, 0.5) is 8.78 Å². The average Bonchev–Trinajstić information content (AvgIpc) is 2.34. The van der Waals surface area contributed by atoms with Crippen molar-refractivity contribution in [3.8, 4) is 0 Å². The van der Waals surface area contributed by atoms with Crippen molar-refractivity contribution in [2.75, 3.05) is 0 Å². The summed E-state index contributed by atoms with van der Waals surface area (Å²) in [6, 6.07) is 0. The van der Waals surface area contributed by atoms with Crippen LogP contribution in [0.2, 0.25) is 0 Å². The number of aliphatic hydroxyl groups is 1. The van der Waals surface area contributed by atoms with Crippen LogP contribution in [0.1, 0.15) is 5.69 Å². The van der Waals surface area contributed by atoms with Crippen molar-refractivity contribution in [1.82, 2.24) is 9.55 Å². The number of aliphatic hydroxyl groups excluding tert-OH is 1. The third-order valence-electron chi connectivity index (χ3n) is 1.20. The summed E-state index contributed by atoms with van der Waals surface area (Å²) < 4.78 is 24.7. The fraction of sp³-hybridized carbons (Fsp3) is 0.500. The van der Waals surface area contributed by atoms with Crippen LogP contribution in [0.15, 0.2) is 12.5 Å². The second kappa shape index (κ2) is 3.43. The number of aromatic nitrogens is 2. The molecule has 0 aliphatic carbocycles. The lowest BCUT2D eigenvalue weighted by molar-refractivity contribution is 0.126. The van der Waals surface area contributed by atoms with Crippen molar-refractivity contribution in [1.29, 1.82) is 0 Å². The molecule has 11 heavy (non-hydrogen) atoms. The van der Waals surface area contributed by atoms with Gasteiger partial charge in [0.25, 0.3) is 6.43 Å². The number of hydrogen-bond acceptors (Lipinski definition) is 2. The zero-order valence-electron chi connectivity index (χ0n) is 5.74. The lowest BCUT2D eigenvalue weighted by Crippen LogP contribution is -2.03. The molecule has 0 unspecified atom stereocenters. The fourth-order valence-corrected chi connectivity index (χ4v) is 0.747. The molecule has 0 aliphatic rings. The molecular formula is C6H8F2N2O. The summed E-state index contributed by atoms with van der Waals surface area (Å²) >= 11 is 0. The Balaban J connectivity index is 2.58.